The Morgan fingerprint density at radius 1 is 1.08 bits per heavy atom. The Hall–Kier alpha value is -2.85. The molecule has 3 aromatic rings. The van der Waals surface area contributed by atoms with Crippen molar-refractivity contribution >= 4 is 68.8 Å². The van der Waals surface area contributed by atoms with E-state index in [2.05, 4.69) is 15.6 Å². The van der Waals surface area contributed by atoms with Gasteiger partial charge in [0.2, 0.25) is 11.8 Å². The van der Waals surface area contributed by atoms with Crippen LogP contribution in [0.1, 0.15) is 29.3 Å². The second-order valence-corrected chi connectivity index (χ2v) is 10.4. The van der Waals surface area contributed by atoms with E-state index in [-0.39, 0.29) is 39.2 Å². The van der Waals surface area contributed by atoms with Crippen LogP contribution in [0.5, 0.6) is 11.6 Å². The van der Waals surface area contributed by atoms with Crippen LogP contribution in [0.3, 0.4) is 0 Å². The molecule has 0 aliphatic carbocycles. The molecule has 2 atom stereocenters. The number of rotatable bonds is 8. The third kappa shape index (κ3) is 6.28. The lowest BCUT2D eigenvalue weighted by molar-refractivity contribution is -0.115. The average molecular weight is 571 g/mol. The zero-order valence-corrected chi connectivity index (χ0v) is 22.5. The SMILES string of the molecule is CCC(C(=O)Nc1cc(O)c(NC(=O)c2cc(C)c(Cl)c(Cl)c2)cc1Cl)S(=O)c1ccc(OC)nc1. The Kier molecular flexibility index (Phi) is 9.19. The van der Waals surface area contributed by atoms with Crippen molar-refractivity contribution in [3.63, 3.8) is 0 Å². The van der Waals surface area contributed by atoms with Gasteiger partial charge in [0.15, 0.2) is 0 Å². The molecule has 0 radical (unpaired) electrons. The molecule has 0 spiro atoms. The van der Waals surface area contributed by atoms with Gasteiger partial charge in [0.05, 0.1) is 49.2 Å². The number of phenolic OH excluding ortho intramolecular Hbond substituents is 1. The summed E-state index contributed by atoms with van der Waals surface area (Å²) in [5.74, 6) is -1.09. The second-order valence-electron chi connectivity index (χ2n) is 7.61. The van der Waals surface area contributed by atoms with Gasteiger partial charge in [-0.15, -0.1) is 0 Å². The molecule has 2 unspecified atom stereocenters. The predicted octanol–water partition coefficient (Wildman–Crippen LogP) is 5.84. The molecule has 0 fully saturated rings. The van der Waals surface area contributed by atoms with Crippen molar-refractivity contribution in [2.24, 2.45) is 0 Å². The summed E-state index contributed by atoms with van der Waals surface area (Å²) in [6, 6.07) is 8.58. The number of ether oxygens (including phenoxy) is 1. The number of phenols is 1. The fourth-order valence-electron chi connectivity index (χ4n) is 3.23. The van der Waals surface area contributed by atoms with Gasteiger partial charge in [0.25, 0.3) is 5.91 Å². The standard InChI is InChI=1S/C24H22Cl3N3O5S/c1-4-20(36(34)14-5-6-21(35-3)28-11-14)24(33)29-17-10-19(31)18(9-15(17)25)30-23(32)13-7-12(2)22(27)16(26)8-13/h5-11,20,31H,4H2,1-3H3,(H,29,33)(H,30,32). The van der Waals surface area contributed by atoms with Crippen LogP contribution in [0.4, 0.5) is 11.4 Å². The highest BCUT2D eigenvalue weighted by Gasteiger charge is 2.26. The Labute approximate surface area is 225 Å². The maximum atomic E-state index is 13.0. The van der Waals surface area contributed by atoms with Crippen LogP contribution < -0.4 is 15.4 Å². The van der Waals surface area contributed by atoms with Crippen molar-refractivity contribution in [1.29, 1.82) is 0 Å². The molecule has 0 saturated carbocycles. The predicted molar refractivity (Wildman–Crippen MR) is 142 cm³/mol. The van der Waals surface area contributed by atoms with Crippen LogP contribution in [0.2, 0.25) is 15.1 Å². The van der Waals surface area contributed by atoms with Gasteiger partial charge in [-0.25, -0.2) is 4.98 Å². The number of amides is 2. The van der Waals surface area contributed by atoms with Gasteiger partial charge in [0, 0.05) is 23.9 Å². The number of methoxy groups -OCH3 is 1. The van der Waals surface area contributed by atoms with Crippen molar-refractivity contribution in [3.8, 4) is 11.6 Å². The van der Waals surface area contributed by atoms with Crippen LogP contribution in [0.25, 0.3) is 0 Å². The monoisotopic (exact) mass is 569 g/mol. The number of hydrogen-bond acceptors (Lipinski definition) is 6. The van der Waals surface area contributed by atoms with Crippen LogP contribution in [0.15, 0.2) is 47.5 Å². The number of carbonyl (C=O) groups excluding carboxylic acids is 2. The third-order valence-corrected chi connectivity index (χ3v) is 8.12. The largest absolute Gasteiger partial charge is 0.506 e. The van der Waals surface area contributed by atoms with Crippen molar-refractivity contribution in [1.82, 2.24) is 4.98 Å². The van der Waals surface area contributed by atoms with Gasteiger partial charge in [-0.1, -0.05) is 41.7 Å². The van der Waals surface area contributed by atoms with E-state index in [1.54, 1.807) is 32.0 Å². The van der Waals surface area contributed by atoms with Crippen molar-refractivity contribution in [2.75, 3.05) is 17.7 Å². The summed E-state index contributed by atoms with van der Waals surface area (Å²) >= 11 is 18.4. The van der Waals surface area contributed by atoms with E-state index in [4.69, 9.17) is 39.5 Å². The first-order chi connectivity index (χ1) is 17.0. The third-order valence-electron chi connectivity index (χ3n) is 5.14. The van der Waals surface area contributed by atoms with E-state index in [0.717, 1.165) is 0 Å². The molecule has 3 N–H and O–H groups in total. The molecule has 8 nitrogen and oxygen atoms in total. The first-order valence-electron chi connectivity index (χ1n) is 10.6. The molecule has 2 aromatic carbocycles. The first-order valence-corrected chi connectivity index (χ1v) is 12.9. The van der Waals surface area contributed by atoms with Gasteiger partial charge >= 0.3 is 0 Å². The average Bonchev–Trinajstić information content (AvgIpc) is 2.85. The van der Waals surface area contributed by atoms with Gasteiger partial charge in [-0.05, 0) is 43.2 Å². The summed E-state index contributed by atoms with van der Waals surface area (Å²) in [4.78, 5) is 29.9. The Morgan fingerprint density at radius 2 is 1.81 bits per heavy atom. The van der Waals surface area contributed by atoms with Crippen molar-refractivity contribution in [3.05, 3.63) is 68.8 Å². The lowest BCUT2D eigenvalue weighted by atomic mass is 10.1. The summed E-state index contributed by atoms with van der Waals surface area (Å²) in [6.07, 6.45) is 1.65. The first kappa shape index (κ1) is 27.7. The second kappa shape index (κ2) is 11.9. The van der Waals surface area contributed by atoms with Crippen LogP contribution in [0, 0.1) is 6.92 Å². The number of benzene rings is 2. The minimum Gasteiger partial charge on any atom is -0.506 e. The topological polar surface area (TPSA) is 118 Å². The molecule has 1 heterocycles. The molecule has 0 aliphatic heterocycles. The van der Waals surface area contributed by atoms with Crippen LogP contribution in [-0.2, 0) is 15.6 Å². The molecule has 190 valence electrons. The normalized spacial score (nSPS) is 12.5. The zero-order chi connectivity index (χ0) is 26.6. The lowest BCUT2D eigenvalue weighted by Crippen LogP contribution is -2.31. The maximum Gasteiger partial charge on any atom is 0.255 e. The number of aromatic hydroxyl groups is 1. The quantitative estimate of drug-likeness (QED) is 0.293. The minimum absolute atomic E-state index is 0.0200. The number of nitrogens with zero attached hydrogens (tertiary/aromatic N) is 1. The molecule has 2 amide bonds. The lowest BCUT2D eigenvalue weighted by Gasteiger charge is -2.17. The van der Waals surface area contributed by atoms with Gasteiger partial charge in [0.1, 0.15) is 11.0 Å². The molecule has 1 aromatic heterocycles. The fourth-order valence-corrected chi connectivity index (χ4v) is 5.06. The van der Waals surface area contributed by atoms with Crippen LogP contribution >= 0.6 is 34.8 Å². The smallest absolute Gasteiger partial charge is 0.255 e. The maximum absolute atomic E-state index is 13.0. The highest BCUT2D eigenvalue weighted by molar-refractivity contribution is 7.86. The number of pyridine rings is 1. The molecule has 12 heteroatoms. The summed E-state index contributed by atoms with van der Waals surface area (Å²) in [6.45, 7) is 3.43. The fraction of sp³-hybridized carbons (Fsp3) is 0.208. The molecular formula is C24H22Cl3N3O5S. The van der Waals surface area contributed by atoms with E-state index in [0.29, 0.717) is 21.4 Å². The number of carbonyl (C=O) groups is 2. The summed E-state index contributed by atoms with van der Waals surface area (Å²) in [5, 5.41) is 15.3. The highest BCUT2D eigenvalue weighted by Crippen LogP contribution is 2.35. The number of aryl methyl sites for hydroxylation is 1. The van der Waals surface area contributed by atoms with E-state index in [1.807, 2.05) is 0 Å². The van der Waals surface area contributed by atoms with Gasteiger partial charge in [-0.3, -0.25) is 13.8 Å². The van der Waals surface area contributed by atoms with E-state index < -0.39 is 27.9 Å². The summed E-state index contributed by atoms with van der Waals surface area (Å²) in [7, 11) is -0.236. The molecule has 3 rings (SSSR count). The number of nitrogens with one attached hydrogen (secondary N) is 2. The molecule has 0 bridgehead atoms. The highest BCUT2D eigenvalue weighted by atomic mass is 35.5. The van der Waals surface area contributed by atoms with Crippen molar-refractivity contribution in [2.45, 2.75) is 30.4 Å². The van der Waals surface area contributed by atoms with Crippen molar-refractivity contribution < 1.29 is 23.6 Å². The van der Waals surface area contributed by atoms with E-state index in [9.17, 15) is 18.9 Å². The summed E-state index contributed by atoms with van der Waals surface area (Å²) in [5.41, 5.74) is 0.955. The summed E-state index contributed by atoms with van der Waals surface area (Å²) < 4.78 is 18.0. The molecule has 0 saturated heterocycles. The van der Waals surface area contributed by atoms with Crippen LogP contribution in [-0.4, -0.2) is 38.5 Å². The van der Waals surface area contributed by atoms with E-state index >= 15 is 0 Å². The number of hydrogen-bond donors (Lipinski definition) is 3. The molecule has 0 aliphatic rings. The number of halogens is 3. The molecular weight excluding hydrogens is 549 g/mol. The van der Waals surface area contributed by atoms with E-state index in [1.165, 1.54) is 31.5 Å². The Bertz CT molecular complexity index is 1310. The Balaban J connectivity index is 1.76. The number of aromatic nitrogens is 1. The zero-order valence-electron chi connectivity index (χ0n) is 19.4. The number of anilines is 2. The molecule has 36 heavy (non-hydrogen) atoms. The van der Waals surface area contributed by atoms with Gasteiger partial charge in [-0.2, -0.15) is 0 Å². The Morgan fingerprint density at radius 3 is 2.39 bits per heavy atom. The minimum atomic E-state index is -1.70. The van der Waals surface area contributed by atoms with Gasteiger partial charge < -0.3 is 20.5 Å².